The summed E-state index contributed by atoms with van der Waals surface area (Å²) in [5.74, 6) is 0.0211. The van der Waals surface area contributed by atoms with Gasteiger partial charge in [0, 0.05) is 19.0 Å². The van der Waals surface area contributed by atoms with Gasteiger partial charge < -0.3 is 10.6 Å². The zero-order valence-corrected chi connectivity index (χ0v) is 10.5. The van der Waals surface area contributed by atoms with Gasteiger partial charge in [-0.05, 0) is 18.6 Å². The molecule has 18 heavy (non-hydrogen) atoms. The molecule has 6 nitrogen and oxygen atoms in total. The van der Waals surface area contributed by atoms with E-state index in [0.29, 0.717) is 25.1 Å². The van der Waals surface area contributed by atoms with Crippen LogP contribution in [0, 0.1) is 0 Å². The van der Waals surface area contributed by atoms with Crippen molar-refractivity contribution in [2.45, 2.75) is 23.8 Å². The molecule has 1 unspecified atom stereocenters. The van der Waals surface area contributed by atoms with Crippen molar-refractivity contribution >= 4 is 21.6 Å². The average molecular weight is 269 g/mol. The maximum absolute atomic E-state index is 11.4. The molecule has 1 saturated heterocycles. The molecule has 4 N–H and O–H groups in total. The number of nitrogens with one attached hydrogen (secondary N) is 2. The number of para-hydroxylation sites is 1. The number of amides is 1. The van der Waals surface area contributed by atoms with E-state index in [2.05, 4.69) is 10.6 Å². The van der Waals surface area contributed by atoms with E-state index in [0.717, 1.165) is 0 Å². The lowest BCUT2D eigenvalue weighted by molar-refractivity contribution is -0.122. The van der Waals surface area contributed by atoms with E-state index in [1.54, 1.807) is 18.2 Å². The number of hydrogen-bond donors (Lipinski definition) is 3. The minimum absolute atomic E-state index is 0.0191. The molecular formula is C11H15N3O3S. The second-order valence-electron chi connectivity index (χ2n) is 4.23. The Morgan fingerprint density at radius 1 is 1.33 bits per heavy atom. The van der Waals surface area contributed by atoms with Crippen molar-refractivity contribution in [3.63, 3.8) is 0 Å². The molecule has 0 radical (unpaired) electrons. The number of carbonyl (C=O) groups excluding carboxylic acids is 1. The largest absolute Gasteiger partial charge is 0.379 e. The predicted molar refractivity (Wildman–Crippen MR) is 67.5 cm³/mol. The summed E-state index contributed by atoms with van der Waals surface area (Å²) >= 11 is 0. The average Bonchev–Trinajstić information content (AvgIpc) is 2.31. The first-order valence-corrected chi connectivity index (χ1v) is 7.16. The number of anilines is 1. The maximum Gasteiger partial charge on any atom is 0.240 e. The van der Waals surface area contributed by atoms with E-state index in [-0.39, 0.29) is 16.8 Å². The fourth-order valence-corrected chi connectivity index (χ4v) is 2.61. The van der Waals surface area contributed by atoms with Crippen LogP contribution in [0.2, 0.25) is 0 Å². The topological polar surface area (TPSA) is 101 Å². The van der Waals surface area contributed by atoms with Crippen LogP contribution in [0.4, 0.5) is 5.69 Å². The van der Waals surface area contributed by atoms with Crippen molar-refractivity contribution in [2.24, 2.45) is 5.14 Å². The third kappa shape index (κ3) is 2.99. The standard InChI is InChI=1S/C11H15N3O3S/c12-18(16,17)10-4-2-1-3-9(10)14-8-5-6-11(15)13-7-8/h1-4,8,14H,5-7H2,(H,13,15)(H2,12,16,17). The van der Waals surface area contributed by atoms with Crippen LogP contribution >= 0.6 is 0 Å². The highest BCUT2D eigenvalue weighted by molar-refractivity contribution is 7.89. The van der Waals surface area contributed by atoms with Crippen LogP contribution in [0.25, 0.3) is 0 Å². The number of benzene rings is 1. The van der Waals surface area contributed by atoms with Crippen LogP contribution in [0.5, 0.6) is 0 Å². The van der Waals surface area contributed by atoms with Crippen LogP contribution < -0.4 is 15.8 Å². The molecule has 0 aromatic heterocycles. The summed E-state index contributed by atoms with van der Waals surface area (Å²) < 4.78 is 22.8. The normalized spacial score (nSPS) is 20.3. The molecule has 98 valence electrons. The Bertz CT molecular complexity index is 546. The van der Waals surface area contributed by atoms with Crippen LogP contribution in [0.1, 0.15) is 12.8 Å². The number of nitrogens with two attached hydrogens (primary N) is 1. The first-order valence-electron chi connectivity index (χ1n) is 5.62. The van der Waals surface area contributed by atoms with Gasteiger partial charge in [0.1, 0.15) is 4.90 Å². The molecule has 0 spiro atoms. The molecule has 1 fully saturated rings. The van der Waals surface area contributed by atoms with Gasteiger partial charge in [-0.2, -0.15) is 0 Å². The van der Waals surface area contributed by atoms with E-state index in [1.807, 2.05) is 0 Å². The van der Waals surface area contributed by atoms with Gasteiger partial charge >= 0.3 is 0 Å². The predicted octanol–water partition coefficient (Wildman–Crippen LogP) is 0.0245. The molecule has 0 aliphatic carbocycles. The number of carbonyl (C=O) groups is 1. The monoisotopic (exact) mass is 269 g/mol. The summed E-state index contributed by atoms with van der Waals surface area (Å²) in [4.78, 5) is 11.1. The summed E-state index contributed by atoms with van der Waals surface area (Å²) in [7, 11) is -3.74. The number of rotatable bonds is 3. The van der Waals surface area contributed by atoms with Crippen molar-refractivity contribution < 1.29 is 13.2 Å². The van der Waals surface area contributed by atoms with Gasteiger partial charge in [-0.25, -0.2) is 13.6 Å². The lowest BCUT2D eigenvalue weighted by atomic mass is 10.1. The fraction of sp³-hybridized carbons (Fsp3) is 0.364. The van der Waals surface area contributed by atoms with Crippen LogP contribution in [0.3, 0.4) is 0 Å². The van der Waals surface area contributed by atoms with Crippen molar-refractivity contribution in [1.82, 2.24) is 5.32 Å². The summed E-state index contributed by atoms with van der Waals surface area (Å²) in [5.41, 5.74) is 0.473. The van der Waals surface area contributed by atoms with Crippen LogP contribution in [-0.2, 0) is 14.8 Å². The van der Waals surface area contributed by atoms with Crippen molar-refractivity contribution in [1.29, 1.82) is 0 Å². The van der Waals surface area contributed by atoms with Crippen molar-refractivity contribution in [3.05, 3.63) is 24.3 Å². The lowest BCUT2D eigenvalue weighted by Crippen LogP contribution is -2.42. The Labute approximate surface area is 106 Å². The third-order valence-electron chi connectivity index (χ3n) is 2.82. The Balaban J connectivity index is 2.17. The van der Waals surface area contributed by atoms with Gasteiger partial charge in [0.05, 0.1) is 5.69 Å². The first kappa shape index (κ1) is 12.8. The third-order valence-corrected chi connectivity index (χ3v) is 3.79. The molecule has 1 amide bonds. The highest BCUT2D eigenvalue weighted by atomic mass is 32.2. The molecule has 7 heteroatoms. The molecule has 1 aliphatic rings. The molecule has 0 bridgehead atoms. The Kier molecular flexibility index (Phi) is 3.53. The second kappa shape index (κ2) is 4.95. The van der Waals surface area contributed by atoms with E-state index in [1.165, 1.54) is 6.07 Å². The van der Waals surface area contributed by atoms with Crippen LogP contribution in [0.15, 0.2) is 29.2 Å². The van der Waals surface area contributed by atoms with Crippen molar-refractivity contribution in [2.75, 3.05) is 11.9 Å². The molecular weight excluding hydrogens is 254 g/mol. The zero-order chi connectivity index (χ0) is 13.2. The Morgan fingerprint density at radius 2 is 2.06 bits per heavy atom. The first-order chi connectivity index (χ1) is 8.47. The summed E-state index contributed by atoms with van der Waals surface area (Å²) in [6, 6.07) is 6.49. The maximum atomic E-state index is 11.4. The Hall–Kier alpha value is -1.60. The molecule has 0 saturated carbocycles. The highest BCUT2D eigenvalue weighted by Crippen LogP contribution is 2.21. The number of piperidine rings is 1. The van der Waals surface area contributed by atoms with Gasteiger partial charge in [0.2, 0.25) is 15.9 Å². The van der Waals surface area contributed by atoms with E-state index in [4.69, 9.17) is 5.14 Å². The molecule has 1 heterocycles. The smallest absolute Gasteiger partial charge is 0.240 e. The van der Waals surface area contributed by atoms with Gasteiger partial charge in [0.25, 0.3) is 0 Å². The van der Waals surface area contributed by atoms with Gasteiger partial charge in [-0.1, -0.05) is 12.1 Å². The molecule has 1 aromatic rings. The minimum atomic E-state index is -3.74. The number of primary sulfonamides is 1. The summed E-state index contributed by atoms with van der Waals surface area (Å²) in [6.07, 6.45) is 1.11. The zero-order valence-electron chi connectivity index (χ0n) is 9.72. The molecule has 2 rings (SSSR count). The van der Waals surface area contributed by atoms with Gasteiger partial charge in [-0.15, -0.1) is 0 Å². The summed E-state index contributed by atoms with van der Waals surface area (Å²) in [6.45, 7) is 0.484. The van der Waals surface area contributed by atoms with Crippen LogP contribution in [-0.4, -0.2) is 26.9 Å². The fourth-order valence-electron chi connectivity index (χ4n) is 1.91. The quantitative estimate of drug-likeness (QED) is 0.720. The number of sulfonamides is 1. The molecule has 1 atom stereocenters. The Morgan fingerprint density at radius 3 is 2.67 bits per heavy atom. The van der Waals surface area contributed by atoms with Gasteiger partial charge in [0.15, 0.2) is 0 Å². The van der Waals surface area contributed by atoms with Gasteiger partial charge in [-0.3, -0.25) is 4.79 Å². The SMILES string of the molecule is NS(=O)(=O)c1ccccc1NC1CCC(=O)NC1. The molecule has 1 aliphatic heterocycles. The lowest BCUT2D eigenvalue weighted by Gasteiger charge is -2.25. The second-order valence-corrected chi connectivity index (χ2v) is 5.76. The molecule has 1 aromatic carbocycles. The number of hydrogen-bond acceptors (Lipinski definition) is 4. The van der Waals surface area contributed by atoms with E-state index in [9.17, 15) is 13.2 Å². The highest BCUT2D eigenvalue weighted by Gasteiger charge is 2.20. The summed E-state index contributed by atoms with van der Waals surface area (Å²) in [5, 5.41) is 11.0. The minimum Gasteiger partial charge on any atom is -0.379 e. The van der Waals surface area contributed by atoms with E-state index < -0.39 is 10.0 Å². The van der Waals surface area contributed by atoms with Crippen molar-refractivity contribution in [3.8, 4) is 0 Å². The van der Waals surface area contributed by atoms with E-state index >= 15 is 0 Å².